The number of unbranched alkanes of at least 4 members (excludes halogenated alkanes) is 1. The smallest absolute Gasteiger partial charge is 0.337 e. The summed E-state index contributed by atoms with van der Waals surface area (Å²) in [5, 5.41) is 0. The molecule has 28 heavy (non-hydrogen) atoms. The number of methoxy groups -OCH3 is 4. The van der Waals surface area contributed by atoms with Crippen molar-refractivity contribution in [2.75, 3.05) is 28.4 Å². The molecule has 0 saturated heterocycles. The minimum absolute atomic E-state index is 0.174. The maximum atomic E-state index is 12.7. The molecule has 0 spiro atoms. The second-order valence-corrected chi connectivity index (χ2v) is 6.57. The molecule has 150 valence electrons. The molecule has 2 heterocycles. The fraction of sp³-hybridized carbons (Fsp3) is 0.429. The van der Waals surface area contributed by atoms with Crippen molar-refractivity contribution in [2.24, 2.45) is 0 Å². The number of fused-ring (bicyclic) bond motifs is 5. The van der Waals surface area contributed by atoms with Gasteiger partial charge >= 0.3 is 11.9 Å². The van der Waals surface area contributed by atoms with Crippen molar-refractivity contribution in [3.63, 3.8) is 0 Å². The van der Waals surface area contributed by atoms with Gasteiger partial charge in [0.25, 0.3) is 0 Å². The van der Waals surface area contributed by atoms with Gasteiger partial charge in [0.15, 0.2) is 11.5 Å². The average Bonchev–Trinajstić information content (AvgIpc) is 3.22. The zero-order valence-corrected chi connectivity index (χ0v) is 16.5. The zero-order chi connectivity index (χ0) is 20.5. The van der Waals surface area contributed by atoms with Gasteiger partial charge in [-0.1, -0.05) is 6.08 Å². The van der Waals surface area contributed by atoms with Crippen LogP contribution in [-0.2, 0) is 29.4 Å². The molecule has 1 aromatic carbocycles. The first-order valence-corrected chi connectivity index (χ1v) is 8.95. The van der Waals surface area contributed by atoms with Crippen LogP contribution in [-0.4, -0.2) is 40.4 Å². The summed E-state index contributed by atoms with van der Waals surface area (Å²) < 4.78 is 27.1. The molecule has 2 bridgehead atoms. The van der Waals surface area contributed by atoms with Crippen molar-refractivity contribution in [3.8, 4) is 11.5 Å². The fourth-order valence-electron chi connectivity index (χ4n) is 4.06. The molecule has 2 aliphatic heterocycles. The Hall–Kier alpha value is -2.80. The maximum absolute atomic E-state index is 12.7. The number of ether oxygens (including phenoxy) is 5. The maximum Gasteiger partial charge on any atom is 0.337 e. The number of allylic oxidation sites excluding steroid dienone is 1. The molecule has 1 aromatic rings. The highest BCUT2D eigenvalue weighted by atomic mass is 16.6. The first kappa shape index (κ1) is 19.9. The van der Waals surface area contributed by atoms with Gasteiger partial charge in [-0.25, -0.2) is 9.59 Å². The Labute approximate surface area is 163 Å². The van der Waals surface area contributed by atoms with E-state index in [1.54, 1.807) is 25.3 Å². The summed E-state index contributed by atoms with van der Waals surface area (Å²) in [7, 11) is 5.63. The number of carbonyl (C=O) groups excluding carboxylic acids is 2. The Kier molecular flexibility index (Phi) is 5.47. The molecule has 2 unspecified atom stereocenters. The van der Waals surface area contributed by atoms with Crippen LogP contribution in [0.25, 0.3) is 0 Å². The van der Waals surface area contributed by atoms with Crippen LogP contribution in [0, 0.1) is 0 Å². The molecule has 7 nitrogen and oxygen atoms in total. The third-order valence-electron chi connectivity index (χ3n) is 5.26. The summed E-state index contributed by atoms with van der Waals surface area (Å²) in [5.74, 6) is -0.190. The molecular formula is C21H24O7. The van der Waals surface area contributed by atoms with Gasteiger partial charge in [0.2, 0.25) is 0 Å². The largest absolute Gasteiger partial charge is 0.493 e. The summed E-state index contributed by atoms with van der Waals surface area (Å²) in [6, 6.07) is 3.59. The van der Waals surface area contributed by atoms with Crippen LogP contribution in [0.4, 0.5) is 0 Å². The summed E-state index contributed by atoms with van der Waals surface area (Å²) in [4.78, 5) is 25.3. The van der Waals surface area contributed by atoms with E-state index in [2.05, 4.69) is 6.58 Å². The molecule has 0 N–H and O–H groups in total. The molecule has 0 radical (unpaired) electrons. The second-order valence-electron chi connectivity index (χ2n) is 6.57. The Morgan fingerprint density at radius 3 is 2.32 bits per heavy atom. The van der Waals surface area contributed by atoms with Crippen LogP contribution in [0.2, 0.25) is 0 Å². The number of hydrogen-bond donors (Lipinski definition) is 0. The van der Waals surface area contributed by atoms with Gasteiger partial charge in [-0.15, -0.1) is 6.58 Å². The highest BCUT2D eigenvalue weighted by molar-refractivity contribution is 6.05. The van der Waals surface area contributed by atoms with Crippen molar-refractivity contribution in [2.45, 2.75) is 31.0 Å². The number of esters is 2. The van der Waals surface area contributed by atoms with Crippen LogP contribution in [0.15, 0.2) is 35.9 Å². The van der Waals surface area contributed by atoms with Crippen LogP contribution in [0.3, 0.4) is 0 Å². The lowest BCUT2D eigenvalue weighted by Gasteiger charge is -2.30. The van der Waals surface area contributed by atoms with E-state index >= 15 is 0 Å². The summed E-state index contributed by atoms with van der Waals surface area (Å²) in [5.41, 5.74) is 0.777. The predicted molar refractivity (Wildman–Crippen MR) is 100 cm³/mol. The number of rotatable bonds is 8. The van der Waals surface area contributed by atoms with Crippen LogP contribution in [0.5, 0.6) is 11.5 Å². The summed E-state index contributed by atoms with van der Waals surface area (Å²) >= 11 is 0. The van der Waals surface area contributed by atoms with Gasteiger partial charge < -0.3 is 23.7 Å². The minimum Gasteiger partial charge on any atom is -0.493 e. The van der Waals surface area contributed by atoms with Crippen LogP contribution in [0.1, 0.15) is 36.5 Å². The standard InChI is InChI=1S/C21H24O7/c1-6-7-8-9-21-13-11-15(25-3)14(24-2)10-12(13)18(28-21)16(19(22)26-4)17(21)20(23)27-5/h6,10-11,18H,1,7-9H2,2-5H3. The Morgan fingerprint density at radius 2 is 1.75 bits per heavy atom. The highest BCUT2D eigenvalue weighted by Crippen LogP contribution is 2.61. The lowest BCUT2D eigenvalue weighted by molar-refractivity contribution is -0.140. The third-order valence-corrected chi connectivity index (χ3v) is 5.26. The minimum atomic E-state index is -1.11. The average molecular weight is 388 g/mol. The van der Waals surface area contributed by atoms with Crippen molar-refractivity contribution in [1.82, 2.24) is 0 Å². The SMILES string of the molecule is C=CCCCC12OC(C(C(=O)OC)=C1C(=O)OC)c1cc(OC)c(OC)cc12. The monoisotopic (exact) mass is 388 g/mol. The normalized spacial score (nSPS) is 21.9. The van der Waals surface area contributed by atoms with Gasteiger partial charge in [-0.05, 0) is 42.5 Å². The topological polar surface area (TPSA) is 80.3 Å². The fourth-order valence-corrected chi connectivity index (χ4v) is 4.06. The molecule has 0 aliphatic carbocycles. The van der Waals surface area contributed by atoms with Gasteiger partial charge in [0.05, 0.1) is 39.6 Å². The molecule has 0 fully saturated rings. The number of carbonyl (C=O) groups is 2. The molecule has 0 saturated carbocycles. The van der Waals surface area contributed by atoms with E-state index in [1.165, 1.54) is 21.3 Å². The second kappa shape index (κ2) is 7.67. The van der Waals surface area contributed by atoms with Gasteiger partial charge in [0, 0.05) is 0 Å². The Bertz CT molecular complexity index is 855. The lowest BCUT2D eigenvalue weighted by Crippen LogP contribution is -2.32. The Balaban J connectivity index is 2.26. The van der Waals surface area contributed by atoms with Crippen molar-refractivity contribution >= 4 is 11.9 Å². The Morgan fingerprint density at radius 1 is 1.11 bits per heavy atom. The summed E-state index contributed by atoms with van der Waals surface area (Å²) in [6.07, 6.45) is 2.98. The molecular weight excluding hydrogens is 364 g/mol. The first-order chi connectivity index (χ1) is 13.5. The molecule has 3 rings (SSSR count). The van der Waals surface area contributed by atoms with E-state index in [-0.39, 0.29) is 11.1 Å². The van der Waals surface area contributed by atoms with Gasteiger partial charge in [-0.2, -0.15) is 0 Å². The van der Waals surface area contributed by atoms with Crippen molar-refractivity contribution in [3.05, 3.63) is 47.1 Å². The predicted octanol–water partition coefficient (Wildman–Crippen LogP) is 2.98. The van der Waals surface area contributed by atoms with Gasteiger partial charge in [-0.3, -0.25) is 0 Å². The highest BCUT2D eigenvalue weighted by Gasteiger charge is 2.60. The third kappa shape index (κ3) is 2.77. The van der Waals surface area contributed by atoms with Crippen molar-refractivity contribution in [1.29, 1.82) is 0 Å². The van der Waals surface area contributed by atoms with Crippen LogP contribution < -0.4 is 9.47 Å². The van der Waals surface area contributed by atoms with Crippen LogP contribution >= 0.6 is 0 Å². The number of benzene rings is 1. The molecule has 0 aromatic heterocycles. The first-order valence-electron chi connectivity index (χ1n) is 8.95. The van der Waals surface area contributed by atoms with E-state index in [0.717, 1.165) is 17.5 Å². The van der Waals surface area contributed by atoms with E-state index < -0.39 is 23.6 Å². The number of hydrogen-bond acceptors (Lipinski definition) is 7. The summed E-state index contributed by atoms with van der Waals surface area (Å²) in [6.45, 7) is 3.75. The molecule has 0 amide bonds. The van der Waals surface area contributed by atoms with E-state index in [0.29, 0.717) is 24.3 Å². The van der Waals surface area contributed by atoms with Crippen molar-refractivity contribution < 1.29 is 33.3 Å². The van der Waals surface area contributed by atoms with Gasteiger partial charge in [0.1, 0.15) is 11.7 Å². The lowest BCUT2D eigenvalue weighted by atomic mass is 9.74. The zero-order valence-electron chi connectivity index (χ0n) is 16.5. The quantitative estimate of drug-likeness (QED) is 0.385. The molecule has 2 atom stereocenters. The molecule has 2 aliphatic rings. The van der Waals surface area contributed by atoms with E-state index in [1.807, 2.05) is 0 Å². The molecule has 7 heteroatoms. The van der Waals surface area contributed by atoms with E-state index in [4.69, 9.17) is 23.7 Å². The van der Waals surface area contributed by atoms with E-state index in [9.17, 15) is 9.59 Å².